The van der Waals surface area contributed by atoms with E-state index in [2.05, 4.69) is 6.92 Å². The molecule has 0 bridgehead atoms. The second-order valence-corrected chi connectivity index (χ2v) is 4.87. The van der Waals surface area contributed by atoms with Crippen molar-refractivity contribution >= 4 is 9.04 Å². The molecular formula is C7H18O2Si. The van der Waals surface area contributed by atoms with Gasteiger partial charge < -0.3 is 9.16 Å². The summed E-state index contributed by atoms with van der Waals surface area (Å²) in [6, 6.07) is 1.17. The molecule has 0 aromatic rings. The summed E-state index contributed by atoms with van der Waals surface area (Å²) in [4.78, 5) is 0. The Labute approximate surface area is 65.3 Å². The summed E-state index contributed by atoms with van der Waals surface area (Å²) in [6.45, 7) is 7.90. The van der Waals surface area contributed by atoms with Crippen LogP contribution in [0.15, 0.2) is 0 Å². The van der Waals surface area contributed by atoms with E-state index in [1.807, 2.05) is 13.8 Å². The Kier molecular flexibility index (Phi) is 7.35. The standard InChI is InChI=1S/C7H18O2Si/c1-4-8-7-10(6-3)9-5-2/h10H,4-7H2,1-3H3. The molecule has 1 unspecified atom stereocenters. The Balaban J connectivity index is 3.21. The van der Waals surface area contributed by atoms with Crippen molar-refractivity contribution in [2.75, 3.05) is 19.4 Å². The van der Waals surface area contributed by atoms with Crippen molar-refractivity contribution in [3.8, 4) is 0 Å². The van der Waals surface area contributed by atoms with Gasteiger partial charge in [-0.3, -0.25) is 0 Å². The van der Waals surface area contributed by atoms with Gasteiger partial charge in [0.2, 0.25) is 9.04 Å². The fourth-order valence-corrected chi connectivity index (χ4v) is 2.31. The third-order valence-electron chi connectivity index (χ3n) is 1.37. The van der Waals surface area contributed by atoms with Crippen molar-refractivity contribution < 1.29 is 9.16 Å². The van der Waals surface area contributed by atoms with Gasteiger partial charge >= 0.3 is 0 Å². The SMILES string of the molecule is CCOC[SiH](CC)OCC. The molecular weight excluding hydrogens is 144 g/mol. The maximum atomic E-state index is 5.51. The largest absolute Gasteiger partial charge is 0.418 e. The summed E-state index contributed by atoms with van der Waals surface area (Å²) >= 11 is 0. The zero-order valence-corrected chi connectivity index (χ0v) is 8.38. The Morgan fingerprint density at radius 2 is 1.80 bits per heavy atom. The Bertz CT molecular complexity index is 68.6. The molecule has 0 aromatic heterocycles. The highest BCUT2D eigenvalue weighted by molar-refractivity contribution is 6.51. The molecule has 62 valence electrons. The molecule has 0 spiro atoms. The second-order valence-electron chi connectivity index (χ2n) is 2.15. The van der Waals surface area contributed by atoms with Crippen molar-refractivity contribution in [1.29, 1.82) is 0 Å². The van der Waals surface area contributed by atoms with Crippen molar-refractivity contribution in [1.82, 2.24) is 0 Å². The minimum Gasteiger partial charge on any atom is -0.418 e. The molecule has 0 saturated heterocycles. The van der Waals surface area contributed by atoms with Gasteiger partial charge in [0.1, 0.15) is 0 Å². The van der Waals surface area contributed by atoms with E-state index in [1.165, 1.54) is 6.04 Å². The highest BCUT2D eigenvalue weighted by atomic mass is 28.3. The average Bonchev–Trinajstić information content (AvgIpc) is 1.98. The molecule has 0 aliphatic heterocycles. The average molecular weight is 162 g/mol. The molecule has 0 fully saturated rings. The van der Waals surface area contributed by atoms with Crippen LogP contribution in [0.2, 0.25) is 6.04 Å². The minimum atomic E-state index is -0.953. The lowest BCUT2D eigenvalue weighted by Crippen LogP contribution is -2.24. The van der Waals surface area contributed by atoms with Crippen LogP contribution in [-0.2, 0) is 9.16 Å². The van der Waals surface area contributed by atoms with Crippen LogP contribution in [-0.4, -0.2) is 28.5 Å². The Morgan fingerprint density at radius 1 is 1.10 bits per heavy atom. The summed E-state index contributed by atoms with van der Waals surface area (Å²) in [7, 11) is -0.953. The molecule has 1 atom stereocenters. The smallest absolute Gasteiger partial charge is 0.201 e. The number of hydrogen-bond acceptors (Lipinski definition) is 2. The number of rotatable bonds is 6. The predicted molar refractivity (Wildman–Crippen MR) is 45.7 cm³/mol. The molecule has 0 N–H and O–H groups in total. The minimum absolute atomic E-state index is 0.816. The summed E-state index contributed by atoms with van der Waals surface area (Å²) in [5.74, 6) is 0. The van der Waals surface area contributed by atoms with E-state index < -0.39 is 9.04 Å². The molecule has 0 aliphatic carbocycles. The fraction of sp³-hybridized carbons (Fsp3) is 1.00. The monoisotopic (exact) mass is 162 g/mol. The van der Waals surface area contributed by atoms with Crippen molar-refractivity contribution in [2.45, 2.75) is 26.8 Å². The highest BCUT2D eigenvalue weighted by Crippen LogP contribution is 1.94. The topological polar surface area (TPSA) is 18.5 Å². The normalized spacial score (nSPS) is 13.5. The number of ether oxygens (including phenoxy) is 1. The maximum absolute atomic E-state index is 5.51. The molecule has 0 heterocycles. The van der Waals surface area contributed by atoms with E-state index in [9.17, 15) is 0 Å². The zero-order chi connectivity index (χ0) is 7.82. The summed E-state index contributed by atoms with van der Waals surface area (Å²) in [6.07, 6.45) is 0.876. The fourth-order valence-electron chi connectivity index (χ4n) is 0.769. The van der Waals surface area contributed by atoms with Crippen LogP contribution in [0.5, 0.6) is 0 Å². The van der Waals surface area contributed by atoms with Crippen LogP contribution in [0.25, 0.3) is 0 Å². The Hall–Kier alpha value is 0.137. The van der Waals surface area contributed by atoms with Crippen molar-refractivity contribution in [2.24, 2.45) is 0 Å². The highest BCUT2D eigenvalue weighted by Gasteiger charge is 2.06. The molecule has 0 radical (unpaired) electrons. The summed E-state index contributed by atoms with van der Waals surface area (Å²) in [5.41, 5.74) is 0. The molecule has 2 nitrogen and oxygen atoms in total. The Morgan fingerprint density at radius 3 is 2.20 bits per heavy atom. The van der Waals surface area contributed by atoms with Crippen molar-refractivity contribution in [3.05, 3.63) is 0 Å². The molecule has 0 rings (SSSR count). The van der Waals surface area contributed by atoms with E-state index in [0.29, 0.717) is 0 Å². The van der Waals surface area contributed by atoms with E-state index in [-0.39, 0.29) is 0 Å². The molecule has 10 heavy (non-hydrogen) atoms. The van der Waals surface area contributed by atoms with Crippen molar-refractivity contribution in [3.63, 3.8) is 0 Å². The van der Waals surface area contributed by atoms with Gasteiger partial charge in [-0.1, -0.05) is 6.92 Å². The van der Waals surface area contributed by atoms with Gasteiger partial charge in [0, 0.05) is 13.2 Å². The summed E-state index contributed by atoms with van der Waals surface area (Å²) in [5, 5.41) is 0. The molecule has 3 heteroatoms. The van der Waals surface area contributed by atoms with E-state index in [0.717, 1.165) is 19.4 Å². The van der Waals surface area contributed by atoms with Gasteiger partial charge in [0.15, 0.2) is 0 Å². The van der Waals surface area contributed by atoms with Gasteiger partial charge in [0.25, 0.3) is 0 Å². The van der Waals surface area contributed by atoms with Gasteiger partial charge in [-0.2, -0.15) is 0 Å². The zero-order valence-electron chi connectivity index (χ0n) is 7.22. The first-order chi connectivity index (χ1) is 4.85. The van der Waals surface area contributed by atoms with Gasteiger partial charge in [0.05, 0.1) is 6.23 Å². The first kappa shape index (κ1) is 10.1. The third-order valence-corrected chi connectivity index (χ3v) is 3.69. The molecule has 0 aromatic carbocycles. The molecule has 0 amide bonds. The first-order valence-electron chi connectivity index (χ1n) is 4.04. The predicted octanol–water partition coefficient (Wildman–Crippen LogP) is 1.34. The third kappa shape index (κ3) is 4.96. The van der Waals surface area contributed by atoms with E-state index in [4.69, 9.17) is 9.16 Å². The lowest BCUT2D eigenvalue weighted by molar-refractivity contribution is 0.173. The van der Waals surface area contributed by atoms with Gasteiger partial charge in [-0.15, -0.1) is 0 Å². The van der Waals surface area contributed by atoms with E-state index >= 15 is 0 Å². The lowest BCUT2D eigenvalue weighted by Gasteiger charge is -2.11. The van der Waals surface area contributed by atoms with Crippen LogP contribution in [0.3, 0.4) is 0 Å². The van der Waals surface area contributed by atoms with Crippen LogP contribution in [0.1, 0.15) is 20.8 Å². The van der Waals surface area contributed by atoms with Crippen LogP contribution in [0.4, 0.5) is 0 Å². The van der Waals surface area contributed by atoms with Gasteiger partial charge in [-0.05, 0) is 19.9 Å². The van der Waals surface area contributed by atoms with Crippen LogP contribution < -0.4 is 0 Å². The van der Waals surface area contributed by atoms with Crippen LogP contribution >= 0.6 is 0 Å². The maximum Gasteiger partial charge on any atom is 0.201 e. The summed E-state index contributed by atoms with van der Waals surface area (Å²) < 4.78 is 10.8. The molecule has 0 aliphatic rings. The first-order valence-corrected chi connectivity index (χ1v) is 6.14. The second kappa shape index (κ2) is 7.25. The lowest BCUT2D eigenvalue weighted by atomic mass is 10.9. The van der Waals surface area contributed by atoms with Gasteiger partial charge in [-0.25, -0.2) is 0 Å². The van der Waals surface area contributed by atoms with Crippen LogP contribution in [0, 0.1) is 0 Å². The quantitative estimate of drug-likeness (QED) is 0.549. The number of hydrogen-bond donors (Lipinski definition) is 0. The molecule has 0 saturated carbocycles. The van der Waals surface area contributed by atoms with E-state index in [1.54, 1.807) is 0 Å².